The number of carbonyl (C=O) groups is 1. The highest BCUT2D eigenvalue weighted by Gasteiger charge is 2.23. The largest absolute Gasteiger partial charge is 0.444 e. The summed E-state index contributed by atoms with van der Waals surface area (Å²) < 4.78 is 6.55. The van der Waals surface area contributed by atoms with Gasteiger partial charge in [0.05, 0.1) is 0 Å². The third kappa shape index (κ3) is 5.48. The molecule has 1 aromatic carbocycles. The van der Waals surface area contributed by atoms with E-state index in [0.717, 1.165) is 36.8 Å². The molecule has 0 radical (unpaired) electrons. The van der Waals surface area contributed by atoms with Crippen LogP contribution in [-0.2, 0) is 4.74 Å². The fourth-order valence-corrected chi connectivity index (χ4v) is 2.72. The van der Waals surface area contributed by atoms with E-state index in [-0.39, 0.29) is 6.09 Å². The minimum atomic E-state index is -0.431. The molecule has 3 nitrogen and oxygen atoms in total. The lowest BCUT2D eigenvalue weighted by molar-refractivity contribution is 0.0258. The second-order valence-electron chi connectivity index (χ2n) is 6.68. The first-order valence-corrected chi connectivity index (χ1v) is 8.56. The number of nitrogens with zero attached hydrogens (tertiary/aromatic N) is 1. The van der Waals surface area contributed by atoms with E-state index >= 15 is 0 Å². The number of rotatable bonds is 1. The van der Waals surface area contributed by atoms with Gasteiger partial charge in [-0.05, 0) is 57.7 Å². The number of carbonyl (C=O) groups excluding carboxylic acids is 1. The normalized spacial score (nSPS) is 18.2. The van der Waals surface area contributed by atoms with Crippen molar-refractivity contribution < 1.29 is 9.53 Å². The Morgan fingerprint density at radius 1 is 1.18 bits per heavy atom. The molecular weight excluding hydrogens is 342 g/mol. The maximum absolute atomic E-state index is 12.1. The summed E-state index contributed by atoms with van der Waals surface area (Å²) in [5.41, 5.74) is 2.18. The van der Waals surface area contributed by atoms with Crippen molar-refractivity contribution in [1.29, 1.82) is 0 Å². The summed E-state index contributed by atoms with van der Waals surface area (Å²) in [5, 5.41) is 0. The van der Waals surface area contributed by atoms with Gasteiger partial charge in [-0.3, -0.25) is 0 Å². The fraction of sp³-hybridized carbons (Fsp3) is 0.500. The Hall–Kier alpha value is -1.29. The van der Waals surface area contributed by atoms with Crippen molar-refractivity contribution in [1.82, 2.24) is 4.90 Å². The molecule has 0 saturated carbocycles. The molecule has 120 valence electrons. The molecule has 1 amide bonds. The standard InChI is InChI=1S/C18H24BrNO2/c1-18(2,3)22-17(21)20-11-4-5-14(10-12-20)13-15-6-8-16(19)9-7-15/h6-9,13H,4-5,10-12H2,1-3H3/b14-13+. The van der Waals surface area contributed by atoms with E-state index in [9.17, 15) is 4.79 Å². The molecular formula is C18H24BrNO2. The maximum atomic E-state index is 12.1. The molecule has 0 atom stereocenters. The number of hydrogen-bond acceptors (Lipinski definition) is 2. The highest BCUT2D eigenvalue weighted by atomic mass is 79.9. The molecule has 1 fully saturated rings. The molecule has 4 heteroatoms. The lowest BCUT2D eigenvalue weighted by Crippen LogP contribution is -2.37. The highest BCUT2D eigenvalue weighted by molar-refractivity contribution is 9.10. The summed E-state index contributed by atoms with van der Waals surface area (Å²) >= 11 is 3.45. The summed E-state index contributed by atoms with van der Waals surface area (Å²) in [6.07, 6.45) is 4.98. The molecule has 1 aromatic rings. The van der Waals surface area contributed by atoms with E-state index in [2.05, 4.69) is 46.3 Å². The number of likely N-dealkylation sites (tertiary alicyclic amines) is 1. The van der Waals surface area contributed by atoms with Crippen LogP contribution >= 0.6 is 15.9 Å². The van der Waals surface area contributed by atoms with Crippen molar-refractivity contribution >= 4 is 28.1 Å². The average Bonchev–Trinajstić information content (AvgIpc) is 2.65. The van der Waals surface area contributed by atoms with Crippen LogP contribution in [0.2, 0.25) is 0 Å². The molecule has 0 unspecified atom stereocenters. The van der Waals surface area contributed by atoms with Gasteiger partial charge in [-0.2, -0.15) is 0 Å². The molecule has 1 saturated heterocycles. The van der Waals surface area contributed by atoms with E-state index in [1.54, 1.807) is 0 Å². The lowest BCUT2D eigenvalue weighted by Gasteiger charge is -2.26. The molecule has 1 heterocycles. The van der Waals surface area contributed by atoms with Crippen molar-refractivity contribution in [2.45, 2.75) is 45.6 Å². The summed E-state index contributed by atoms with van der Waals surface area (Å²) in [6.45, 7) is 7.22. The average molecular weight is 366 g/mol. The summed E-state index contributed by atoms with van der Waals surface area (Å²) in [4.78, 5) is 14.0. The van der Waals surface area contributed by atoms with E-state index in [4.69, 9.17) is 4.74 Å². The van der Waals surface area contributed by atoms with Gasteiger partial charge in [-0.1, -0.05) is 39.7 Å². The van der Waals surface area contributed by atoms with Crippen LogP contribution in [-0.4, -0.2) is 29.7 Å². The molecule has 0 aliphatic carbocycles. The summed E-state index contributed by atoms with van der Waals surface area (Å²) in [5.74, 6) is 0. The minimum Gasteiger partial charge on any atom is -0.444 e. The Bertz CT molecular complexity index is 543. The maximum Gasteiger partial charge on any atom is 0.410 e. The van der Waals surface area contributed by atoms with Gasteiger partial charge >= 0.3 is 6.09 Å². The van der Waals surface area contributed by atoms with Crippen LogP contribution in [0.4, 0.5) is 4.79 Å². The number of halogens is 1. The number of benzene rings is 1. The van der Waals surface area contributed by atoms with Crippen LogP contribution in [0.15, 0.2) is 34.3 Å². The van der Waals surface area contributed by atoms with Gasteiger partial charge in [-0.25, -0.2) is 4.79 Å². The second kappa shape index (κ2) is 7.32. The van der Waals surface area contributed by atoms with Gasteiger partial charge in [0.15, 0.2) is 0 Å². The summed E-state index contributed by atoms with van der Waals surface area (Å²) in [6, 6.07) is 8.31. The Labute approximate surface area is 141 Å². The van der Waals surface area contributed by atoms with E-state index in [0.29, 0.717) is 0 Å². The van der Waals surface area contributed by atoms with Crippen LogP contribution in [0.5, 0.6) is 0 Å². The van der Waals surface area contributed by atoms with E-state index < -0.39 is 5.60 Å². The van der Waals surface area contributed by atoms with Crippen LogP contribution in [0.1, 0.15) is 45.6 Å². The van der Waals surface area contributed by atoms with Gasteiger partial charge in [0.25, 0.3) is 0 Å². The Kier molecular flexibility index (Phi) is 5.68. The van der Waals surface area contributed by atoms with Crippen LogP contribution in [0.3, 0.4) is 0 Å². The summed E-state index contributed by atoms with van der Waals surface area (Å²) in [7, 11) is 0. The fourth-order valence-electron chi connectivity index (χ4n) is 2.46. The number of amides is 1. The molecule has 1 aliphatic rings. The third-order valence-electron chi connectivity index (χ3n) is 3.52. The van der Waals surface area contributed by atoms with Gasteiger partial charge in [0.1, 0.15) is 5.60 Å². The zero-order valence-electron chi connectivity index (χ0n) is 13.6. The Balaban J connectivity index is 1.97. The van der Waals surface area contributed by atoms with Crippen molar-refractivity contribution in [2.75, 3.05) is 13.1 Å². The van der Waals surface area contributed by atoms with Crippen molar-refractivity contribution in [3.05, 3.63) is 39.9 Å². The SMILES string of the molecule is CC(C)(C)OC(=O)N1CCC/C(=C\c2ccc(Br)cc2)CC1. The quantitative estimate of drug-likeness (QED) is 0.679. The zero-order chi connectivity index (χ0) is 16.2. The predicted octanol–water partition coefficient (Wildman–Crippen LogP) is 5.25. The zero-order valence-corrected chi connectivity index (χ0v) is 15.1. The molecule has 1 aliphatic heterocycles. The smallest absolute Gasteiger partial charge is 0.410 e. The number of hydrogen-bond donors (Lipinski definition) is 0. The topological polar surface area (TPSA) is 29.5 Å². The first kappa shape index (κ1) is 17.1. The van der Waals surface area contributed by atoms with Crippen molar-refractivity contribution in [3.63, 3.8) is 0 Å². The molecule has 22 heavy (non-hydrogen) atoms. The monoisotopic (exact) mass is 365 g/mol. The molecule has 0 spiro atoms. The molecule has 0 bridgehead atoms. The number of ether oxygens (including phenoxy) is 1. The van der Waals surface area contributed by atoms with Crippen molar-refractivity contribution in [3.8, 4) is 0 Å². The first-order chi connectivity index (χ1) is 10.3. The highest BCUT2D eigenvalue weighted by Crippen LogP contribution is 2.22. The Morgan fingerprint density at radius 2 is 1.86 bits per heavy atom. The minimum absolute atomic E-state index is 0.197. The molecule has 0 N–H and O–H groups in total. The van der Waals surface area contributed by atoms with Crippen LogP contribution < -0.4 is 0 Å². The lowest BCUT2D eigenvalue weighted by atomic mass is 10.0. The van der Waals surface area contributed by atoms with E-state index in [1.165, 1.54) is 11.1 Å². The first-order valence-electron chi connectivity index (χ1n) is 7.76. The van der Waals surface area contributed by atoms with Gasteiger partial charge in [0.2, 0.25) is 0 Å². The Morgan fingerprint density at radius 3 is 2.50 bits per heavy atom. The molecule has 0 aromatic heterocycles. The second-order valence-corrected chi connectivity index (χ2v) is 7.59. The van der Waals surface area contributed by atoms with Crippen LogP contribution in [0, 0.1) is 0 Å². The van der Waals surface area contributed by atoms with Crippen LogP contribution in [0.25, 0.3) is 6.08 Å². The predicted molar refractivity (Wildman–Crippen MR) is 93.8 cm³/mol. The van der Waals surface area contributed by atoms with Gasteiger partial charge in [0, 0.05) is 17.6 Å². The molecule has 2 rings (SSSR count). The van der Waals surface area contributed by atoms with E-state index in [1.807, 2.05) is 25.7 Å². The van der Waals surface area contributed by atoms with Crippen molar-refractivity contribution in [2.24, 2.45) is 0 Å². The van der Waals surface area contributed by atoms with Gasteiger partial charge < -0.3 is 9.64 Å². The van der Waals surface area contributed by atoms with Gasteiger partial charge in [-0.15, -0.1) is 0 Å². The third-order valence-corrected chi connectivity index (χ3v) is 4.05.